The first-order chi connectivity index (χ1) is 13.2. The quantitative estimate of drug-likeness (QED) is 0.410. The van der Waals surface area contributed by atoms with Gasteiger partial charge in [-0.3, -0.25) is 4.98 Å². The smallest absolute Gasteiger partial charge is 0.123 e. The molecule has 0 aliphatic carbocycles. The fourth-order valence-corrected chi connectivity index (χ4v) is 3.23. The minimum absolute atomic E-state index is 0.222. The van der Waals surface area contributed by atoms with E-state index in [2.05, 4.69) is 54.4 Å². The molecule has 4 aromatic rings. The summed E-state index contributed by atoms with van der Waals surface area (Å²) in [7, 11) is 0. The first-order valence-electron chi connectivity index (χ1n) is 9.05. The third-order valence-corrected chi connectivity index (χ3v) is 4.79. The highest BCUT2D eigenvalue weighted by Gasteiger charge is 2.07. The molecule has 132 valence electrons. The van der Waals surface area contributed by atoms with Crippen LogP contribution in [0.3, 0.4) is 0 Å². The lowest BCUT2D eigenvalue weighted by atomic mass is 9.98. The summed E-state index contributed by atoms with van der Waals surface area (Å²) in [5, 5.41) is 0. The van der Waals surface area contributed by atoms with Gasteiger partial charge in [-0.05, 0) is 65.4 Å². The summed E-state index contributed by atoms with van der Waals surface area (Å²) in [5.41, 5.74) is 7.82. The maximum atomic E-state index is 13.2. The zero-order valence-electron chi connectivity index (χ0n) is 15.2. The summed E-state index contributed by atoms with van der Waals surface area (Å²) < 4.78 is 13.2. The van der Waals surface area contributed by atoms with Crippen molar-refractivity contribution < 1.29 is 4.39 Å². The van der Waals surface area contributed by atoms with Gasteiger partial charge in [0.05, 0.1) is 5.69 Å². The van der Waals surface area contributed by atoms with Crippen LogP contribution in [-0.4, -0.2) is 4.98 Å². The fourth-order valence-electron chi connectivity index (χ4n) is 3.23. The van der Waals surface area contributed by atoms with E-state index < -0.39 is 0 Å². The van der Waals surface area contributed by atoms with Crippen LogP contribution in [0.2, 0.25) is 0 Å². The molecule has 0 radical (unpaired) electrons. The lowest BCUT2D eigenvalue weighted by Crippen LogP contribution is -1.95. The van der Waals surface area contributed by atoms with Crippen molar-refractivity contribution in [1.29, 1.82) is 0 Å². The SMILES string of the molecule is Cc1cnc(-c2cccc(-c3ccc(F)cc3)c2)cc1Cc1ccccc1. The van der Waals surface area contributed by atoms with Crippen molar-refractivity contribution in [2.45, 2.75) is 13.3 Å². The number of benzene rings is 3. The number of hydrogen-bond donors (Lipinski definition) is 0. The Labute approximate surface area is 159 Å². The molecule has 0 spiro atoms. The molecule has 2 heteroatoms. The fraction of sp³-hybridized carbons (Fsp3) is 0.0800. The van der Waals surface area contributed by atoms with E-state index in [0.29, 0.717) is 0 Å². The Balaban J connectivity index is 1.68. The summed E-state index contributed by atoms with van der Waals surface area (Å²) in [5.74, 6) is -0.222. The van der Waals surface area contributed by atoms with Gasteiger partial charge in [-0.1, -0.05) is 60.7 Å². The Morgan fingerprint density at radius 2 is 1.48 bits per heavy atom. The normalized spacial score (nSPS) is 10.7. The molecular weight excluding hydrogens is 333 g/mol. The van der Waals surface area contributed by atoms with Crippen LogP contribution in [0.25, 0.3) is 22.4 Å². The lowest BCUT2D eigenvalue weighted by Gasteiger charge is -2.10. The van der Waals surface area contributed by atoms with Crippen LogP contribution >= 0.6 is 0 Å². The summed E-state index contributed by atoms with van der Waals surface area (Å²) >= 11 is 0. The second-order valence-corrected chi connectivity index (χ2v) is 6.75. The molecule has 0 atom stereocenters. The first-order valence-corrected chi connectivity index (χ1v) is 9.05. The molecule has 4 rings (SSSR count). The van der Waals surface area contributed by atoms with Gasteiger partial charge >= 0.3 is 0 Å². The molecule has 1 heterocycles. The third-order valence-electron chi connectivity index (χ3n) is 4.79. The number of aryl methyl sites for hydroxylation is 1. The van der Waals surface area contributed by atoms with Crippen molar-refractivity contribution in [2.24, 2.45) is 0 Å². The predicted octanol–water partition coefficient (Wildman–Crippen LogP) is 6.45. The maximum Gasteiger partial charge on any atom is 0.123 e. The van der Waals surface area contributed by atoms with Crippen molar-refractivity contribution >= 4 is 0 Å². The Hall–Kier alpha value is -3.26. The molecule has 0 N–H and O–H groups in total. The average molecular weight is 353 g/mol. The molecule has 0 aliphatic rings. The largest absolute Gasteiger partial charge is 0.256 e. The highest BCUT2D eigenvalue weighted by molar-refractivity contribution is 5.71. The maximum absolute atomic E-state index is 13.2. The average Bonchev–Trinajstić information content (AvgIpc) is 2.71. The minimum Gasteiger partial charge on any atom is -0.256 e. The molecule has 0 bridgehead atoms. The summed E-state index contributed by atoms with van der Waals surface area (Å²) in [6, 6.07) is 27.5. The van der Waals surface area contributed by atoms with Crippen molar-refractivity contribution in [2.75, 3.05) is 0 Å². The van der Waals surface area contributed by atoms with E-state index in [1.54, 1.807) is 12.1 Å². The number of pyridine rings is 1. The summed E-state index contributed by atoms with van der Waals surface area (Å²) in [4.78, 5) is 4.64. The Bertz CT molecular complexity index is 1050. The van der Waals surface area contributed by atoms with E-state index in [1.165, 1.54) is 28.8 Å². The molecule has 0 fully saturated rings. The second kappa shape index (κ2) is 7.55. The van der Waals surface area contributed by atoms with Crippen LogP contribution in [0.1, 0.15) is 16.7 Å². The summed E-state index contributed by atoms with van der Waals surface area (Å²) in [6.45, 7) is 2.10. The van der Waals surface area contributed by atoms with Crippen LogP contribution in [-0.2, 0) is 6.42 Å². The molecule has 3 aromatic carbocycles. The molecule has 0 unspecified atom stereocenters. The molecule has 0 saturated heterocycles. The van der Waals surface area contributed by atoms with Gasteiger partial charge in [-0.25, -0.2) is 4.39 Å². The predicted molar refractivity (Wildman–Crippen MR) is 109 cm³/mol. The van der Waals surface area contributed by atoms with Crippen molar-refractivity contribution in [3.05, 3.63) is 114 Å². The van der Waals surface area contributed by atoms with E-state index >= 15 is 0 Å². The van der Waals surface area contributed by atoms with Crippen LogP contribution in [0.4, 0.5) is 4.39 Å². The van der Waals surface area contributed by atoms with Crippen LogP contribution < -0.4 is 0 Å². The van der Waals surface area contributed by atoms with Gasteiger partial charge in [-0.15, -0.1) is 0 Å². The number of nitrogens with zero attached hydrogens (tertiary/aromatic N) is 1. The Morgan fingerprint density at radius 3 is 2.26 bits per heavy atom. The molecule has 27 heavy (non-hydrogen) atoms. The van der Waals surface area contributed by atoms with Gasteiger partial charge in [-0.2, -0.15) is 0 Å². The van der Waals surface area contributed by atoms with Gasteiger partial charge < -0.3 is 0 Å². The van der Waals surface area contributed by atoms with Crippen molar-refractivity contribution in [1.82, 2.24) is 4.98 Å². The third kappa shape index (κ3) is 3.95. The monoisotopic (exact) mass is 353 g/mol. The van der Waals surface area contributed by atoms with Gasteiger partial charge in [0.15, 0.2) is 0 Å². The molecular formula is C25H20FN. The zero-order chi connectivity index (χ0) is 18.6. The molecule has 0 amide bonds. The Morgan fingerprint density at radius 1 is 0.741 bits per heavy atom. The molecule has 0 saturated carbocycles. The van der Waals surface area contributed by atoms with E-state index in [-0.39, 0.29) is 5.82 Å². The topological polar surface area (TPSA) is 12.9 Å². The van der Waals surface area contributed by atoms with Crippen LogP contribution in [0.5, 0.6) is 0 Å². The molecule has 1 nitrogen and oxygen atoms in total. The first kappa shape index (κ1) is 17.2. The van der Waals surface area contributed by atoms with Crippen molar-refractivity contribution in [3.63, 3.8) is 0 Å². The number of hydrogen-bond acceptors (Lipinski definition) is 1. The minimum atomic E-state index is -0.222. The lowest BCUT2D eigenvalue weighted by molar-refractivity contribution is 0.628. The highest BCUT2D eigenvalue weighted by Crippen LogP contribution is 2.27. The zero-order valence-corrected chi connectivity index (χ0v) is 15.2. The van der Waals surface area contributed by atoms with E-state index in [0.717, 1.165) is 28.8 Å². The number of rotatable bonds is 4. The van der Waals surface area contributed by atoms with Crippen molar-refractivity contribution in [3.8, 4) is 22.4 Å². The van der Waals surface area contributed by atoms with Crippen LogP contribution in [0.15, 0.2) is 91.1 Å². The number of halogens is 1. The molecule has 1 aromatic heterocycles. The van der Waals surface area contributed by atoms with Gasteiger partial charge in [0.1, 0.15) is 5.82 Å². The van der Waals surface area contributed by atoms with Gasteiger partial charge in [0, 0.05) is 11.8 Å². The number of aromatic nitrogens is 1. The van der Waals surface area contributed by atoms with E-state index in [1.807, 2.05) is 24.4 Å². The van der Waals surface area contributed by atoms with Crippen LogP contribution in [0, 0.1) is 12.7 Å². The van der Waals surface area contributed by atoms with E-state index in [9.17, 15) is 4.39 Å². The second-order valence-electron chi connectivity index (χ2n) is 6.75. The van der Waals surface area contributed by atoms with Gasteiger partial charge in [0.2, 0.25) is 0 Å². The van der Waals surface area contributed by atoms with E-state index in [4.69, 9.17) is 0 Å². The standard InChI is InChI=1S/C25H20FN/c1-18-17-27-25(16-23(18)14-19-6-3-2-4-7-19)22-9-5-8-21(15-22)20-10-12-24(26)13-11-20/h2-13,15-17H,14H2,1H3. The highest BCUT2D eigenvalue weighted by atomic mass is 19.1. The Kier molecular flexibility index (Phi) is 4.80. The molecule has 0 aliphatic heterocycles. The van der Waals surface area contributed by atoms with Gasteiger partial charge in [0.25, 0.3) is 0 Å². The summed E-state index contributed by atoms with van der Waals surface area (Å²) in [6.07, 6.45) is 2.83.